The maximum Gasteiger partial charge on any atom is 0.131 e. The molecule has 1 heterocycles. The summed E-state index contributed by atoms with van der Waals surface area (Å²) in [4.78, 5) is 9.82. The predicted octanol–water partition coefficient (Wildman–Crippen LogP) is 4.68. The number of hydrogen-bond donors (Lipinski definition) is 2. The van der Waals surface area contributed by atoms with Crippen LogP contribution in [0.2, 0.25) is 0 Å². The molecule has 31 heavy (non-hydrogen) atoms. The summed E-state index contributed by atoms with van der Waals surface area (Å²) in [5, 5.41) is 6.87. The van der Waals surface area contributed by atoms with Gasteiger partial charge in [0.05, 0.1) is 0 Å². The largest absolute Gasteiger partial charge is 0.385 e. The third-order valence-electron chi connectivity index (χ3n) is 6.71. The quantitative estimate of drug-likeness (QED) is 0.396. The van der Waals surface area contributed by atoms with E-state index >= 15 is 0 Å². The van der Waals surface area contributed by atoms with Crippen molar-refractivity contribution in [1.29, 1.82) is 0 Å². The molecule has 1 aromatic heterocycles. The standard InChI is InChI=1S/C26H47N5/c1-6-30(7-2)16-11-12-17-31(18-15-27-5)26-22(3)19-25(21-29-26)23(4)28-20-24-13-9-8-10-14-24/h19,21,24,27-28H,4,6-18,20H2,1-3,5H3. The molecular weight excluding hydrogens is 382 g/mol. The van der Waals surface area contributed by atoms with Crippen molar-refractivity contribution in [2.24, 2.45) is 5.92 Å². The van der Waals surface area contributed by atoms with Crippen LogP contribution in [0.3, 0.4) is 0 Å². The summed E-state index contributed by atoms with van der Waals surface area (Å²) in [6, 6.07) is 2.25. The Bertz CT molecular complexity index is 635. The Morgan fingerprint density at radius 2 is 1.81 bits per heavy atom. The fourth-order valence-electron chi connectivity index (χ4n) is 4.57. The number of anilines is 1. The molecule has 0 saturated heterocycles. The van der Waals surface area contributed by atoms with Crippen LogP contribution >= 0.6 is 0 Å². The highest BCUT2D eigenvalue weighted by atomic mass is 15.2. The molecule has 0 unspecified atom stereocenters. The number of nitrogens with zero attached hydrogens (tertiary/aromatic N) is 3. The van der Waals surface area contributed by atoms with Gasteiger partial charge in [0.1, 0.15) is 5.82 Å². The lowest BCUT2D eigenvalue weighted by Gasteiger charge is -2.27. The molecule has 1 aromatic rings. The molecule has 1 fully saturated rings. The Morgan fingerprint density at radius 3 is 2.45 bits per heavy atom. The first kappa shape index (κ1) is 25.7. The van der Waals surface area contributed by atoms with Crippen molar-refractivity contribution in [2.45, 2.75) is 65.7 Å². The molecule has 2 N–H and O–H groups in total. The highest BCUT2D eigenvalue weighted by Gasteiger charge is 2.15. The summed E-state index contributed by atoms with van der Waals surface area (Å²) >= 11 is 0. The molecule has 0 atom stereocenters. The molecule has 5 heteroatoms. The Morgan fingerprint density at radius 1 is 1.10 bits per heavy atom. The fourth-order valence-corrected chi connectivity index (χ4v) is 4.57. The number of hydrogen-bond acceptors (Lipinski definition) is 5. The summed E-state index contributed by atoms with van der Waals surface area (Å²) in [7, 11) is 2.02. The van der Waals surface area contributed by atoms with E-state index in [4.69, 9.17) is 4.98 Å². The van der Waals surface area contributed by atoms with Crippen molar-refractivity contribution >= 4 is 11.5 Å². The van der Waals surface area contributed by atoms with E-state index < -0.39 is 0 Å². The van der Waals surface area contributed by atoms with Gasteiger partial charge in [0.2, 0.25) is 0 Å². The van der Waals surface area contributed by atoms with Crippen LogP contribution in [0.25, 0.3) is 5.70 Å². The maximum atomic E-state index is 4.88. The summed E-state index contributed by atoms with van der Waals surface area (Å²) in [5.41, 5.74) is 3.36. The minimum absolute atomic E-state index is 0.798. The summed E-state index contributed by atoms with van der Waals surface area (Å²) in [6.07, 6.45) is 11.3. The SMILES string of the molecule is C=C(NCC1CCCCC1)c1cnc(N(CCCCN(CC)CC)CCNC)c(C)c1. The monoisotopic (exact) mass is 429 g/mol. The Kier molecular flexibility index (Phi) is 12.0. The number of nitrogens with one attached hydrogen (secondary N) is 2. The minimum atomic E-state index is 0.798. The molecular formula is C26H47N5. The van der Waals surface area contributed by atoms with Gasteiger partial charge in [-0.1, -0.05) is 39.7 Å². The second-order valence-electron chi connectivity index (χ2n) is 9.05. The average molecular weight is 430 g/mol. The van der Waals surface area contributed by atoms with Gasteiger partial charge in [-0.05, 0) is 76.8 Å². The first-order valence-corrected chi connectivity index (χ1v) is 12.6. The topological polar surface area (TPSA) is 43.4 Å². The Balaban J connectivity index is 1.93. The van der Waals surface area contributed by atoms with Gasteiger partial charge in [0.15, 0.2) is 0 Å². The normalized spacial score (nSPS) is 14.7. The number of aryl methyl sites for hydroxylation is 1. The zero-order valence-corrected chi connectivity index (χ0v) is 20.7. The van der Waals surface area contributed by atoms with Crippen LogP contribution in [0.4, 0.5) is 5.82 Å². The highest BCUT2D eigenvalue weighted by molar-refractivity contribution is 5.64. The number of likely N-dealkylation sites (N-methyl/N-ethyl adjacent to an activating group) is 1. The van der Waals surface area contributed by atoms with Gasteiger partial charge in [-0.3, -0.25) is 0 Å². The molecule has 0 radical (unpaired) electrons. The second-order valence-corrected chi connectivity index (χ2v) is 9.05. The van der Waals surface area contributed by atoms with E-state index in [2.05, 4.69) is 53.8 Å². The first-order valence-electron chi connectivity index (χ1n) is 12.6. The van der Waals surface area contributed by atoms with E-state index in [-0.39, 0.29) is 0 Å². The molecule has 0 amide bonds. The van der Waals surface area contributed by atoms with Crippen LogP contribution < -0.4 is 15.5 Å². The van der Waals surface area contributed by atoms with Crippen LogP contribution in [-0.2, 0) is 0 Å². The fraction of sp³-hybridized carbons (Fsp3) is 0.731. The van der Waals surface area contributed by atoms with Crippen molar-refractivity contribution in [3.8, 4) is 0 Å². The van der Waals surface area contributed by atoms with Gasteiger partial charge in [-0.2, -0.15) is 0 Å². The Hall–Kier alpha value is -1.59. The van der Waals surface area contributed by atoms with E-state index in [1.807, 2.05) is 13.2 Å². The van der Waals surface area contributed by atoms with E-state index in [9.17, 15) is 0 Å². The zero-order valence-electron chi connectivity index (χ0n) is 20.7. The van der Waals surface area contributed by atoms with Crippen LogP contribution in [0.5, 0.6) is 0 Å². The minimum Gasteiger partial charge on any atom is -0.385 e. The summed E-state index contributed by atoms with van der Waals surface area (Å²) in [6.45, 7) is 18.5. The molecule has 1 saturated carbocycles. The van der Waals surface area contributed by atoms with Crippen molar-refractivity contribution in [3.05, 3.63) is 30.0 Å². The Labute approximate surface area is 191 Å². The van der Waals surface area contributed by atoms with E-state index in [0.717, 1.165) is 62.3 Å². The van der Waals surface area contributed by atoms with Crippen molar-refractivity contribution in [3.63, 3.8) is 0 Å². The van der Waals surface area contributed by atoms with Crippen LogP contribution in [0, 0.1) is 12.8 Å². The summed E-state index contributed by atoms with van der Waals surface area (Å²) < 4.78 is 0. The maximum absolute atomic E-state index is 4.88. The average Bonchev–Trinajstić information content (AvgIpc) is 2.80. The van der Waals surface area contributed by atoms with Gasteiger partial charge in [-0.15, -0.1) is 0 Å². The van der Waals surface area contributed by atoms with Gasteiger partial charge in [-0.25, -0.2) is 4.98 Å². The molecule has 0 spiro atoms. The van der Waals surface area contributed by atoms with Crippen molar-refractivity contribution in [2.75, 3.05) is 57.8 Å². The predicted molar refractivity (Wildman–Crippen MR) is 136 cm³/mol. The van der Waals surface area contributed by atoms with Gasteiger partial charge in [0, 0.05) is 43.6 Å². The summed E-state index contributed by atoms with van der Waals surface area (Å²) in [5.74, 6) is 1.91. The number of unbranched alkanes of at least 4 members (excludes halogenated alkanes) is 1. The van der Waals surface area contributed by atoms with Gasteiger partial charge < -0.3 is 20.4 Å². The highest BCUT2D eigenvalue weighted by Crippen LogP contribution is 2.24. The molecule has 5 nitrogen and oxygen atoms in total. The number of rotatable bonds is 15. The molecule has 2 rings (SSSR count). The molecule has 1 aliphatic rings. The van der Waals surface area contributed by atoms with Gasteiger partial charge >= 0.3 is 0 Å². The number of pyridine rings is 1. The van der Waals surface area contributed by atoms with Crippen LogP contribution in [0.1, 0.15) is 69.9 Å². The van der Waals surface area contributed by atoms with Crippen molar-refractivity contribution in [1.82, 2.24) is 20.5 Å². The molecule has 0 bridgehead atoms. The third kappa shape index (κ3) is 8.82. The third-order valence-corrected chi connectivity index (χ3v) is 6.71. The lowest BCUT2D eigenvalue weighted by atomic mass is 9.89. The number of aromatic nitrogens is 1. The first-order chi connectivity index (χ1) is 15.1. The zero-order chi connectivity index (χ0) is 22.5. The van der Waals surface area contributed by atoms with Crippen LogP contribution in [-0.4, -0.2) is 62.7 Å². The lowest BCUT2D eigenvalue weighted by Crippen LogP contribution is -2.33. The van der Waals surface area contributed by atoms with Crippen molar-refractivity contribution < 1.29 is 0 Å². The van der Waals surface area contributed by atoms with Gasteiger partial charge in [0.25, 0.3) is 0 Å². The molecule has 1 aliphatic carbocycles. The molecule has 0 aromatic carbocycles. The van der Waals surface area contributed by atoms with Crippen LogP contribution in [0.15, 0.2) is 18.8 Å². The molecule has 176 valence electrons. The second kappa shape index (κ2) is 14.5. The van der Waals surface area contributed by atoms with E-state index in [0.29, 0.717) is 0 Å². The smallest absolute Gasteiger partial charge is 0.131 e. The van der Waals surface area contributed by atoms with E-state index in [1.165, 1.54) is 57.1 Å². The lowest BCUT2D eigenvalue weighted by molar-refractivity contribution is 0.297. The van der Waals surface area contributed by atoms with E-state index in [1.54, 1.807) is 0 Å². The molecule has 0 aliphatic heterocycles.